The van der Waals surface area contributed by atoms with Gasteiger partial charge in [-0.1, -0.05) is 0 Å². The summed E-state index contributed by atoms with van der Waals surface area (Å²) in [5.41, 5.74) is -7.41. The number of phenols is 1. The third-order valence-electron chi connectivity index (χ3n) is 9.29. The van der Waals surface area contributed by atoms with E-state index in [4.69, 9.17) is 37.9 Å². The van der Waals surface area contributed by atoms with Crippen molar-refractivity contribution in [2.75, 3.05) is 42.7 Å². The van der Waals surface area contributed by atoms with Gasteiger partial charge in [0.25, 0.3) is 0 Å². The van der Waals surface area contributed by atoms with Gasteiger partial charge in [-0.05, 0) is 36.9 Å². The molecule has 1 heterocycles. The number of ether oxygens (including phenoxy) is 8. The molecule has 2 aromatic carbocycles. The number of carbonyl (C=O) groups is 4. The van der Waals surface area contributed by atoms with E-state index in [-0.39, 0.29) is 27.6 Å². The van der Waals surface area contributed by atoms with Gasteiger partial charge in [0.15, 0.2) is 6.10 Å². The molecule has 254 valence electrons. The second-order valence-electron chi connectivity index (χ2n) is 11.4. The summed E-state index contributed by atoms with van der Waals surface area (Å²) in [6.07, 6.45) is -5.21. The molecule has 15 nitrogen and oxygen atoms in total. The molecule has 1 unspecified atom stereocenters. The van der Waals surface area contributed by atoms with Gasteiger partial charge >= 0.3 is 5.97 Å². The minimum absolute atomic E-state index is 0.0679. The van der Waals surface area contributed by atoms with Crippen LogP contribution < -0.4 is 4.74 Å². The van der Waals surface area contributed by atoms with Crippen molar-refractivity contribution in [3.8, 4) is 11.5 Å². The second-order valence-corrected chi connectivity index (χ2v) is 11.4. The number of fused-ring (bicyclic) bond motifs is 3. The predicted octanol–water partition coefficient (Wildman–Crippen LogP) is 0.778. The molecule has 3 N–H and O–H groups in total. The molecule has 5 rings (SSSR count). The zero-order chi connectivity index (χ0) is 34.7. The number of hydrogen-bond donors (Lipinski definition) is 3. The SMILES string of the molecule is COC(=O)c1c(O[C@@H]2O[C@@H](C)[C@H](OC)[C@@H](OC)[C@H]2OC)cc2cc3c(c(O)c2c1C)C(=O)C1(OC)C(=O)C=C(OC)[C@H](O)[C@]1(O)C3=O. The first-order valence-corrected chi connectivity index (χ1v) is 14.4. The lowest BCUT2D eigenvalue weighted by Gasteiger charge is -2.49. The third kappa shape index (κ3) is 4.53. The zero-order valence-electron chi connectivity index (χ0n) is 26.9. The predicted molar refractivity (Wildman–Crippen MR) is 158 cm³/mol. The van der Waals surface area contributed by atoms with Gasteiger partial charge in [0.1, 0.15) is 41.1 Å². The molecule has 0 radical (unpaired) electrons. The summed E-state index contributed by atoms with van der Waals surface area (Å²) in [6.45, 7) is 3.19. The largest absolute Gasteiger partial charge is 0.507 e. The van der Waals surface area contributed by atoms with Crippen LogP contribution in [-0.4, -0.2) is 129 Å². The van der Waals surface area contributed by atoms with Crippen LogP contribution in [0.4, 0.5) is 0 Å². The van der Waals surface area contributed by atoms with Crippen LogP contribution in [0.2, 0.25) is 0 Å². The van der Waals surface area contributed by atoms with Crippen molar-refractivity contribution < 1.29 is 72.4 Å². The Balaban J connectivity index is 1.75. The van der Waals surface area contributed by atoms with E-state index in [0.29, 0.717) is 0 Å². The number of hydrogen-bond acceptors (Lipinski definition) is 15. The molecular weight excluding hydrogens is 624 g/mol. The molecule has 2 aromatic rings. The smallest absolute Gasteiger partial charge is 0.341 e. The summed E-state index contributed by atoms with van der Waals surface area (Å²) in [5.74, 6) is -6.03. The number of aromatic hydroxyl groups is 1. The van der Waals surface area contributed by atoms with Crippen molar-refractivity contribution in [2.24, 2.45) is 0 Å². The maximum atomic E-state index is 14.1. The van der Waals surface area contributed by atoms with Crippen molar-refractivity contribution in [3.05, 3.63) is 46.2 Å². The second kappa shape index (κ2) is 12.2. The van der Waals surface area contributed by atoms with Crippen LogP contribution in [0.1, 0.15) is 43.6 Å². The van der Waals surface area contributed by atoms with E-state index in [1.165, 1.54) is 40.4 Å². The standard InChI is InChI=1S/C32H36O15/c1-12-19-14(10-16(20(12)29(38)44-7)47-30-25(43-6)24(42-5)23(41-4)13(2)46-30)9-15-21(22(19)34)28(37)32(45-8)18(33)11-17(40-3)27(36)31(32,39)26(15)35/h9-11,13,23-25,27,30,34,36,39H,1-8H3/t13-,23-,24+,25+,27-,30-,31+,32?/m0/s1. The first-order chi connectivity index (χ1) is 22.2. The number of Topliss-reactive ketones (excluding diaryl/α,β-unsaturated/α-hetero) is 2. The molecule has 47 heavy (non-hydrogen) atoms. The van der Waals surface area contributed by atoms with E-state index in [9.17, 15) is 34.5 Å². The number of aryl methyl sites for hydroxylation is 1. The average molecular weight is 661 g/mol. The van der Waals surface area contributed by atoms with Crippen molar-refractivity contribution in [2.45, 2.75) is 61.9 Å². The molecule has 0 bridgehead atoms. The lowest BCUT2D eigenvalue weighted by atomic mass is 9.60. The van der Waals surface area contributed by atoms with Crippen LogP contribution in [0, 0.1) is 6.92 Å². The van der Waals surface area contributed by atoms with Crippen LogP contribution in [0.3, 0.4) is 0 Å². The molecule has 1 aliphatic heterocycles. The highest BCUT2D eigenvalue weighted by atomic mass is 16.7. The van der Waals surface area contributed by atoms with Crippen LogP contribution >= 0.6 is 0 Å². The fourth-order valence-corrected chi connectivity index (χ4v) is 6.98. The lowest BCUT2D eigenvalue weighted by Crippen LogP contribution is -2.77. The van der Waals surface area contributed by atoms with Gasteiger partial charge in [-0.2, -0.15) is 0 Å². The van der Waals surface area contributed by atoms with E-state index >= 15 is 0 Å². The monoisotopic (exact) mass is 660 g/mol. The first kappa shape index (κ1) is 34.4. The summed E-state index contributed by atoms with van der Waals surface area (Å²) >= 11 is 0. The topological polar surface area (TPSA) is 203 Å². The Labute approximate surface area is 268 Å². The molecule has 15 heteroatoms. The van der Waals surface area contributed by atoms with E-state index in [1.807, 2.05) is 0 Å². The fraction of sp³-hybridized carbons (Fsp3) is 0.500. The van der Waals surface area contributed by atoms with Gasteiger partial charge in [-0.25, -0.2) is 4.79 Å². The van der Waals surface area contributed by atoms with Crippen molar-refractivity contribution in [1.29, 1.82) is 0 Å². The van der Waals surface area contributed by atoms with Crippen LogP contribution in [0.15, 0.2) is 24.0 Å². The molecule has 2 aliphatic carbocycles. The molecular formula is C32H36O15. The Morgan fingerprint density at radius 2 is 1.57 bits per heavy atom. The van der Waals surface area contributed by atoms with Gasteiger partial charge < -0.3 is 53.2 Å². The van der Waals surface area contributed by atoms with Crippen molar-refractivity contribution in [3.63, 3.8) is 0 Å². The Kier molecular flexibility index (Phi) is 8.96. The molecule has 0 amide bonds. The Morgan fingerprint density at radius 3 is 2.13 bits per heavy atom. The lowest BCUT2D eigenvalue weighted by molar-refractivity contribution is -0.282. The summed E-state index contributed by atoms with van der Waals surface area (Å²) in [5, 5.41) is 34.5. The van der Waals surface area contributed by atoms with Gasteiger partial charge in [0, 0.05) is 45.5 Å². The molecule has 8 atom stereocenters. The van der Waals surface area contributed by atoms with Crippen molar-refractivity contribution >= 4 is 34.1 Å². The van der Waals surface area contributed by atoms with Crippen LogP contribution in [0.5, 0.6) is 11.5 Å². The molecule has 0 saturated carbocycles. The van der Waals surface area contributed by atoms with Gasteiger partial charge in [0.05, 0.1) is 25.9 Å². The van der Waals surface area contributed by atoms with Crippen molar-refractivity contribution in [1.82, 2.24) is 0 Å². The Morgan fingerprint density at radius 1 is 0.936 bits per heavy atom. The number of aliphatic hydroxyl groups excluding tert-OH is 1. The number of carbonyl (C=O) groups excluding carboxylic acids is 4. The van der Waals surface area contributed by atoms with E-state index in [2.05, 4.69) is 0 Å². The quantitative estimate of drug-likeness (QED) is 0.265. The van der Waals surface area contributed by atoms with Gasteiger partial charge in [0.2, 0.25) is 34.8 Å². The third-order valence-corrected chi connectivity index (χ3v) is 9.29. The highest BCUT2D eigenvalue weighted by molar-refractivity contribution is 6.35. The Bertz CT molecular complexity index is 1700. The zero-order valence-corrected chi connectivity index (χ0v) is 26.9. The molecule has 1 saturated heterocycles. The molecule has 0 aromatic heterocycles. The number of methoxy groups -OCH3 is 6. The summed E-state index contributed by atoms with van der Waals surface area (Å²) in [6, 6.07) is 2.48. The highest BCUT2D eigenvalue weighted by Crippen LogP contribution is 2.50. The molecule has 0 spiro atoms. The number of ketones is 3. The van der Waals surface area contributed by atoms with E-state index in [1.54, 1.807) is 6.92 Å². The van der Waals surface area contributed by atoms with Crippen LogP contribution in [-0.2, 0) is 38.0 Å². The van der Waals surface area contributed by atoms with Crippen LogP contribution in [0.25, 0.3) is 10.8 Å². The number of phenolic OH excluding ortho intramolecular Hbond substituents is 1. The molecule has 1 fully saturated rings. The van der Waals surface area contributed by atoms with Gasteiger partial charge in [-0.3, -0.25) is 14.4 Å². The first-order valence-electron chi connectivity index (χ1n) is 14.4. The maximum absolute atomic E-state index is 14.1. The average Bonchev–Trinajstić information content (AvgIpc) is 3.04. The normalized spacial score (nSPS) is 32.0. The summed E-state index contributed by atoms with van der Waals surface area (Å²) in [7, 11) is 7.52. The highest BCUT2D eigenvalue weighted by Gasteiger charge is 2.74. The summed E-state index contributed by atoms with van der Waals surface area (Å²) < 4.78 is 44.4. The molecule has 3 aliphatic rings. The number of rotatable bonds is 8. The fourth-order valence-electron chi connectivity index (χ4n) is 6.98. The van der Waals surface area contributed by atoms with Gasteiger partial charge in [-0.15, -0.1) is 0 Å². The maximum Gasteiger partial charge on any atom is 0.341 e. The van der Waals surface area contributed by atoms with E-state index < -0.39 is 94.0 Å². The number of esters is 1. The minimum Gasteiger partial charge on any atom is -0.507 e. The summed E-state index contributed by atoms with van der Waals surface area (Å²) in [4.78, 5) is 54.8. The minimum atomic E-state index is -3.17. The van der Waals surface area contributed by atoms with E-state index in [0.717, 1.165) is 27.4 Å². The number of benzene rings is 2. The Hall–Kier alpha value is -3.96. The number of aliphatic hydroxyl groups is 2.